The Balaban J connectivity index is 3.61. The van der Waals surface area contributed by atoms with Crippen LogP contribution in [-0.4, -0.2) is 23.8 Å². The molecule has 3 heteroatoms. The van der Waals surface area contributed by atoms with Crippen molar-refractivity contribution in [2.45, 2.75) is 84.2 Å². The van der Waals surface area contributed by atoms with Gasteiger partial charge in [0.15, 0.2) is 0 Å². The summed E-state index contributed by atoms with van der Waals surface area (Å²) in [7, 11) is 0. The molecule has 18 heavy (non-hydrogen) atoms. The first-order valence-electron chi connectivity index (χ1n) is 7.54. The fraction of sp³-hybridized carbons (Fsp3) is 0.933. The molecule has 3 nitrogen and oxygen atoms in total. The van der Waals surface area contributed by atoms with Crippen molar-refractivity contribution in [1.29, 1.82) is 0 Å². The molecule has 0 saturated carbocycles. The van der Waals surface area contributed by atoms with Crippen molar-refractivity contribution < 1.29 is 14.6 Å². The van der Waals surface area contributed by atoms with Crippen LogP contribution in [0.5, 0.6) is 0 Å². The number of unbranched alkanes of at least 4 members (excludes halogenated alkanes) is 5. The lowest BCUT2D eigenvalue weighted by atomic mass is 10.0. The van der Waals surface area contributed by atoms with Gasteiger partial charge in [-0.1, -0.05) is 52.4 Å². The number of carboxylic acid groups (broad SMARTS) is 1. The van der Waals surface area contributed by atoms with Crippen LogP contribution in [0.25, 0.3) is 0 Å². The maximum Gasteiger partial charge on any atom is 0.303 e. The van der Waals surface area contributed by atoms with Crippen LogP contribution < -0.4 is 0 Å². The van der Waals surface area contributed by atoms with E-state index in [4.69, 9.17) is 9.84 Å². The number of ether oxygens (including phenoxy) is 1. The molecule has 0 aromatic carbocycles. The standard InChI is InChI=1S/C15H30O3/c1-3-5-6-7-8-9-10-14(18-13-4-2)11-12-15(16)17/h14H,3-13H2,1-2H3,(H,16,17). The SMILES string of the molecule is CCCCCCCCC(CCC(=O)O)OCCC. The highest BCUT2D eigenvalue weighted by molar-refractivity contribution is 5.66. The molecule has 0 aliphatic rings. The van der Waals surface area contributed by atoms with E-state index in [0.29, 0.717) is 6.42 Å². The zero-order chi connectivity index (χ0) is 13.6. The van der Waals surface area contributed by atoms with E-state index < -0.39 is 5.97 Å². The summed E-state index contributed by atoms with van der Waals surface area (Å²) in [4.78, 5) is 10.6. The van der Waals surface area contributed by atoms with E-state index in [-0.39, 0.29) is 12.5 Å². The minimum Gasteiger partial charge on any atom is -0.481 e. The number of carboxylic acids is 1. The van der Waals surface area contributed by atoms with Crippen molar-refractivity contribution in [3.63, 3.8) is 0 Å². The van der Waals surface area contributed by atoms with Crippen LogP contribution in [-0.2, 0) is 9.53 Å². The first kappa shape index (κ1) is 17.4. The van der Waals surface area contributed by atoms with Gasteiger partial charge in [0.1, 0.15) is 0 Å². The fourth-order valence-electron chi connectivity index (χ4n) is 2.03. The monoisotopic (exact) mass is 258 g/mol. The van der Waals surface area contributed by atoms with Crippen molar-refractivity contribution >= 4 is 5.97 Å². The molecule has 108 valence electrons. The quantitative estimate of drug-likeness (QED) is 0.498. The van der Waals surface area contributed by atoms with Crippen LogP contribution in [0.3, 0.4) is 0 Å². The van der Waals surface area contributed by atoms with Gasteiger partial charge in [0.05, 0.1) is 6.10 Å². The van der Waals surface area contributed by atoms with Gasteiger partial charge in [-0.25, -0.2) is 0 Å². The van der Waals surface area contributed by atoms with Gasteiger partial charge < -0.3 is 9.84 Å². The maximum absolute atomic E-state index is 10.6. The second kappa shape index (κ2) is 12.9. The molecule has 1 atom stereocenters. The van der Waals surface area contributed by atoms with Crippen LogP contribution in [0.2, 0.25) is 0 Å². The molecule has 0 bridgehead atoms. The lowest BCUT2D eigenvalue weighted by Crippen LogP contribution is -2.15. The van der Waals surface area contributed by atoms with Crippen LogP contribution in [0, 0.1) is 0 Å². The lowest BCUT2D eigenvalue weighted by molar-refractivity contribution is -0.137. The Bertz CT molecular complexity index is 192. The summed E-state index contributed by atoms with van der Waals surface area (Å²) in [5.74, 6) is -0.719. The van der Waals surface area contributed by atoms with E-state index in [2.05, 4.69) is 13.8 Å². The average Bonchev–Trinajstić information content (AvgIpc) is 2.35. The van der Waals surface area contributed by atoms with E-state index in [1.807, 2.05) is 0 Å². The van der Waals surface area contributed by atoms with Gasteiger partial charge in [0.2, 0.25) is 0 Å². The van der Waals surface area contributed by atoms with Crippen LogP contribution in [0.1, 0.15) is 78.1 Å². The molecule has 0 radical (unpaired) electrons. The Labute approximate surface area is 112 Å². The van der Waals surface area contributed by atoms with E-state index in [9.17, 15) is 4.79 Å². The van der Waals surface area contributed by atoms with Gasteiger partial charge in [-0.3, -0.25) is 4.79 Å². The van der Waals surface area contributed by atoms with Gasteiger partial charge in [-0.15, -0.1) is 0 Å². The fourth-order valence-corrected chi connectivity index (χ4v) is 2.03. The number of aliphatic carboxylic acids is 1. The van der Waals surface area contributed by atoms with Gasteiger partial charge in [0.25, 0.3) is 0 Å². The minimum absolute atomic E-state index is 0.146. The molecular weight excluding hydrogens is 228 g/mol. The van der Waals surface area contributed by atoms with E-state index in [1.54, 1.807) is 0 Å². The summed E-state index contributed by atoms with van der Waals surface area (Å²) in [5.41, 5.74) is 0. The van der Waals surface area contributed by atoms with Crippen LogP contribution in [0.4, 0.5) is 0 Å². The first-order chi connectivity index (χ1) is 8.70. The number of hydrogen-bond acceptors (Lipinski definition) is 2. The molecule has 0 rings (SSSR count). The van der Waals surface area contributed by atoms with Crippen molar-refractivity contribution in [3.05, 3.63) is 0 Å². The van der Waals surface area contributed by atoms with Crippen molar-refractivity contribution in [2.75, 3.05) is 6.61 Å². The molecule has 1 N–H and O–H groups in total. The topological polar surface area (TPSA) is 46.5 Å². The highest BCUT2D eigenvalue weighted by atomic mass is 16.5. The van der Waals surface area contributed by atoms with E-state index in [0.717, 1.165) is 25.9 Å². The Kier molecular flexibility index (Phi) is 12.5. The van der Waals surface area contributed by atoms with Gasteiger partial charge in [-0.05, 0) is 19.3 Å². The van der Waals surface area contributed by atoms with Gasteiger partial charge in [0, 0.05) is 13.0 Å². The normalized spacial score (nSPS) is 12.6. The predicted molar refractivity (Wildman–Crippen MR) is 74.9 cm³/mol. The highest BCUT2D eigenvalue weighted by Gasteiger charge is 2.10. The predicted octanol–water partition coefficient (Wildman–Crippen LogP) is 4.40. The Morgan fingerprint density at radius 3 is 2.28 bits per heavy atom. The minimum atomic E-state index is -0.719. The Morgan fingerprint density at radius 2 is 1.67 bits per heavy atom. The molecular formula is C15H30O3. The second-order valence-corrected chi connectivity index (χ2v) is 4.98. The van der Waals surface area contributed by atoms with Crippen molar-refractivity contribution in [2.24, 2.45) is 0 Å². The molecule has 0 spiro atoms. The number of carbonyl (C=O) groups is 1. The van der Waals surface area contributed by atoms with Crippen molar-refractivity contribution in [3.8, 4) is 0 Å². The summed E-state index contributed by atoms with van der Waals surface area (Å²) >= 11 is 0. The highest BCUT2D eigenvalue weighted by Crippen LogP contribution is 2.14. The number of rotatable bonds is 13. The third-order valence-electron chi connectivity index (χ3n) is 3.12. The summed E-state index contributed by atoms with van der Waals surface area (Å²) in [6, 6.07) is 0. The molecule has 1 unspecified atom stereocenters. The van der Waals surface area contributed by atoms with Crippen LogP contribution in [0.15, 0.2) is 0 Å². The second-order valence-electron chi connectivity index (χ2n) is 4.98. The van der Waals surface area contributed by atoms with Gasteiger partial charge in [-0.2, -0.15) is 0 Å². The summed E-state index contributed by atoms with van der Waals surface area (Å²) in [6.07, 6.45) is 10.7. The Hall–Kier alpha value is -0.570. The summed E-state index contributed by atoms with van der Waals surface area (Å²) in [5, 5.41) is 8.70. The molecule has 0 aliphatic carbocycles. The summed E-state index contributed by atoms with van der Waals surface area (Å²) < 4.78 is 5.71. The number of hydrogen-bond donors (Lipinski definition) is 1. The molecule has 0 amide bonds. The smallest absolute Gasteiger partial charge is 0.303 e. The molecule has 0 heterocycles. The Morgan fingerprint density at radius 1 is 1.00 bits per heavy atom. The molecule has 0 aliphatic heterocycles. The maximum atomic E-state index is 10.6. The molecule has 0 fully saturated rings. The zero-order valence-electron chi connectivity index (χ0n) is 12.1. The lowest BCUT2D eigenvalue weighted by Gasteiger charge is -2.16. The largest absolute Gasteiger partial charge is 0.481 e. The van der Waals surface area contributed by atoms with Crippen LogP contribution >= 0.6 is 0 Å². The third-order valence-corrected chi connectivity index (χ3v) is 3.12. The van der Waals surface area contributed by atoms with Crippen molar-refractivity contribution in [1.82, 2.24) is 0 Å². The molecule has 0 aromatic rings. The molecule has 0 aromatic heterocycles. The third kappa shape index (κ3) is 11.9. The first-order valence-corrected chi connectivity index (χ1v) is 7.54. The van der Waals surface area contributed by atoms with E-state index in [1.165, 1.54) is 32.1 Å². The van der Waals surface area contributed by atoms with Gasteiger partial charge >= 0.3 is 5.97 Å². The zero-order valence-corrected chi connectivity index (χ0v) is 12.1. The average molecular weight is 258 g/mol. The molecule has 0 saturated heterocycles. The summed E-state index contributed by atoms with van der Waals surface area (Å²) in [6.45, 7) is 5.06. The van der Waals surface area contributed by atoms with E-state index >= 15 is 0 Å².